The van der Waals surface area contributed by atoms with Crippen LogP contribution in [0.1, 0.15) is 59.1 Å². The topological polar surface area (TPSA) is 41.1 Å². The van der Waals surface area contributed by atoms with E-state index in [2.05, 4.69) is 49.9 Å². The molecule has 2 atom stereocenters. The summed E-state index contributed by atoms with van der Waals surface area (Å²) in [5.74, 6) is 1.83. The number of hydrogen-bond acceptors (Lipinski definition) is 4. The van der Waals surface area contributed by atoms with Crippen LogP contribution in [0.3, 0.4) is 0 Å². The first-order valence-electron chi connectivity index (χ1n) is 8.14. The van der Waals surface area contributed by atoms with Gasteiger partial charge in [0.1, 0.15) is 5.82 Å². The summed E-state index contributed by atoms with van der Waals surface area (Å²) >= 11 is 0. The van der Waals surface area contributed by atoms with E-state index in [9.17, 15) is 0 Å². The van der Waals surface area contributed by atoms with Crippen molar-refractivity contribution in [2.45, 2.75) is 71.5 Å². The van der Waals surface area contributed by atoms with Gasteiger partial charge >= 0.3 is 0 Å². The first-order valence-corrected chi connectivity index (χ1v) is 8.14. The molecule has 1 N–H and O–H groups in total. The highest BCUT2D eigenvalue weighted by atomic mass is 15.2. The number of rotatable bonds is 4. The van der Waals surface area contributed by atoms with Gasteiger partial charge in [-0.05, 0) is 39.5 Å². The van der Waals surface area contributed by atoms with Crippen molar-refractivity contribution in [2.75, 3.05) is 11.9 Å². The summed E-state index contributed by atoms with van der Waals surface area (Å²) in [6.07, 6.45) is 8.98. The van der Waals surface area contributed by atoms with Crippen LogP contribution in [0.25, 0.3) is 0 Å². The third kappa shape index (κ3) is 4.95. The molecule has 1 heterocycles. The van der Waals surface area contributed by atoms with Crippen LogP contribution >= 0.6 is 0 Å². The Hall–Kier alpha value is -1.16. The fraction of sp³-hybridized carbons (Fsp3) is 0.765. The van der Waals surface area contributed by atoms with Gasteiger partial charge in [0.25, 0.3) is 0 Å². The highest BCUT2D eigenvalue weighted by Crippen LogP contribution is 2.28. The standard InChI is InChI=1S/C17H30N4/c1-13-7-6-8-15(9-13)21(5)16-12-18-10-14(20-16)11-19-17(2,3)4/h10,12-13,15,19H,6-9,11H2,1-5H3. The lowest BCUT2D eigenvalue weighted by atomic mass is 9.86. The van der Waals surface area contributed by atoms with E-state index in [1.165, 1.54) is 25.7 Å². The van der Waals surface area contributed by atoms with Crippen LogP contribution < -0.4 is 10.2 Å². The van der Waals surface area contributed by atoms with Crippen molar-refractivity contribution in [3.05, 3.63) is 18.1 Å². The second-order valence-corrected chi connectivity index (χ2v) is 7.51. The van der Waals surface area contributed by atoms with Crippen LogP contribution in [0.5, 0.6) is 0 Å². The number of nitrogens with one attached hydrogen (secondary N) is 1. The molecule has 0 aliphatic heterocycles. The lowest BCUT2D eigenvalue weighted by molar-refractivity contribution is 0.335. The Bertz CT molecular complexity index is 452. The Kier molecular flexibility index (Phi) is 5.20. The maximum absolute atomic E-state index is 4.78. The van der Waals surface area contributed by atoms with Crippen molar-refractivity contribution >= 4 is 5.82 Å². The third-order valence-corrected chi connectivity index (χ3v) is 4.29. The largest absolute Gasteiger partial charge is 0.355 e. The van der Waals surface area contributed by atoms with Crippen LogP contribution in [0.15, 0.2) is 12.4 Å². The Morgan fingerprint density at radius 2 is 2.05 bits per heavy atom. The second kappa shape index (κ2) is 6.73. The van der Waals surface area contributed by atoms with E-state index in [-0.39, 0.29) is 5.54 Å². The van der Waals surface area contributed by atoms with Gasteiger partial charge in [-0.2, -0.15) is 0 Å². The molecule has 4 heteroatoms. The number of nitrogens with zero attached hydrogens (tertiary/aromatic N) is 3. The van der Waals surface area contributed by atoms with Crippen molar-refractivity contribution in [1.29, 1.82) is 0 Å². The first kappa shape index (κ1) is 16.2. The van der Waals surface area contributed by atoms with Gasteiger partial charge in [0.05, 0.1) is 11.9 Å². The molecule has 0 bridgehead atoms. The number of aromatic nitrogens is 2. The average Bonchev–Trinajstić information content (AvgIpc) is 2.44. The van der Waals surface area contributed by atoms with E-state index in [1.807, 2.05) is 12.4 Å². The van der Waals surface area contributed by atoms with Crippen LogP contribution in [0.2, 0.25) is 0 Å². The zero-order valence-corrected chi connectivity index (χ0v) is 14.2. The number of anilines is 1. The zero-order chi connectivity index (χ0) is 15.5. The van der Waals surface area contributed by atoms with E-state index >= 15 is 0 Å². The zero-order valence-electron chi connectivity index (χ0n) is 14.2. The molecule has 0 aromatic carbocycles. The third-order valence-electron chi connectivity index (χ3n) is 4.29. The maximum atomic E-state index is 4.78. The number of hydrogen-bond donors (Lipinski definition) is 1. The minimum Gasteiger partial charge on any atom is -0.355 e. The average molecular weight is 290 g/mol. The predicted molar refractivity (Wildman–Crippen MR) is 88.4 cm³/mol. The molecular formula is C17H30N4. The van der Waals surface area contributed by atoms with Gasteiger partial charge in [-0.15, -0.1) is 0 Å². The van der Waals surface area contributed by atoms with E-state index in [0.717, 1.165) is 24.0 Å². The molecule has 1 saturated carbocycles. The molecular weight excluding hydrogens is 260 g/mol. The summed E-state index contributed by atoms with van der Waals surface area (Å²) in [6, 6.07) is 0.605. The fourth-order valence-corrected chi connectivity index (χ4v) is 2.95. The summed E-state index contributed by atoms with van der Waals surface area (Å²) in [7, 11) is 2.16. The molecule has 1 aliphatic carbocycles. The summed E-state index contributed by atoms with van der Waals surface area (Å²) < 4.78 is 0. The lowest BCUT2D eigenvalue weighted by Crippen LogP contribution is -2.37. The maximum Gasteiger partial charge on any atom is 0.147 e. The van der Waals surface area contributed by atoms with Crippen molar-refractivity contribution in [3.8, 4) is 0 Å². The van der Waals surface area contributed by atoms with Crippen LogP contribution in [-0.2, 0) is 6.54 Å². The van der Waals surface area contributed by atoms with Gasteiger partial charge in [0, 0.05) is 31.4 Å². The molecule has 0 amide bonds. The molecule has 1 fully saturated rings. The molecule has 1 aromatic rings. The minimum absolute atomic E-state index is 0.0996. The smallest absolute Gasteiger partial charge is 0.147 e. The SMILES string of the molecule is CC1CCCC(N(C)c2cncc(CNC(C)(C)C)n2)C1. The van der Waals surface area contributed by atoms with E-state index in [1.54, 1.807) is 0 Å². The van der Waals surface area contributed by atoms with Gasteiger partial charge in [-0.25, -0.2) is 4.98 Å². The fourth-order valence-electron chi connectivity index (χ4n) is 2.95. The Labute approximate surface area is 129 Å². The molecule has 21 heavy (non-hydrogen) atoms. The van der Waals surface area contributed by atoms with E-state index < -0.39 is 0 Å². The monoisotopic (exact) mass is 290 g/mol. The molecule has 1 aliphatic rings. The normalized spacial score (nSPS) is 23.1. The van der Waals surface area contributed by atoms with Crippen molar-refractivity contribution in [1.82, 2.24) is 15.3 Å². The molecule has 2 unspecified atom stereocenters. The van der Waals surface area contributed by atoms with Crippen molar-refractivity contribution < 1.29 is 0 Å². The molecule has 118 valence electrons. The van der Waals surface area contributed by atoms with Crippen molar-refractivity contribution in [3.63, 3.8) is 0 Å². The van der Waals surface area contributed by atoms with E-state index in [0.29, 0.717) is 6.04 Å². The quantitative estimate of drug-likeness (QED) is 0.923. The molecule has 0 saturated heterocycles. The molecule has 4 nitrogen and oxygen atoms in total. The van der Waals surface area contributed by atoms with Crippen LogP contribution in [0.4, 0.5) is 5.82 Å². The molecule has 2 rings (SSSR count). The Morgan fingerprint density at radius 1 is 1.29 bits per heavy atom. The van der Waals surface area contributed by atoms with Gasteiger partial charge in [-0.3, -0.25) is 4.98 Å². The molecule has 0 spiro atoms. The summed E-state index contributed by atoms with van der Waals surface area (Å²) in [5.41, 5.74) is 1.11. The lowest BCUT2D eigenvalue weighted by Gasteiger charge is -2.34. The minimum atomic E-state index is 0.0996. The van der Waals surface area contributed by atoms with Crippen molar-refractivity contribution in [2.24, 2.45) is 5.92 Å². The molecule has 0 radical (unpaired) electrons. The first-order chi connectivity index (χ1) is 9.85. The summed E-state index contributed by atoms with van der Waals surface area (Å²) in [6.45, 7) is 9.62. The van der Waals surface area contributed by atoms with Gasteiger partial charge in [0.2, 0.25) is 0 Å². The van der Waals surface area contributed by atoms with Gasteiger partial charge < -0.3 is 10.2 Å². The van der Waals surface area contributed by atoms with Gasteiger partial charge in [0.15, 0.2) is 0 Å². The summed E-state index contributed by atoms with van der Waals surface area (Å²) in [5, 5.41) is 3.47. The predicted octanol–water partition coefficient (Wildman–Crippen LogP) is 3.38. The van der Waals surface area contributed by atoms with E-state index in [4.69, 9.17) is 4.98 Å². The Balaban J connectivity index is 2.02. The van der Waals surface area contributed by atoms with Crippen LogP contribution in [-0.4, -0.2) is 28.6 Å². The van der Waals surface area contributed by atoms with Gasteiger partial charge in [-0.1, -0.05) is 19.8 Å². The highest BCUT2D eigenvalue weighted by Gasteiger charge is 2.23. The van der Waals surface area contributed by atoms with Crippen LogP contribution in [0, 0.1) is 5.92 Å². The molecule has 1 aromatic heterocycles. The summed E-state index contributed by atoms with van der Waals surface area (Å²) in [4.78, 5) is 11.5. The second-order valence-electron chi connectivity index (χ2n) is 7.51. The highest BCUT2D eigenvalue weighted by molar-refractivity contribution is 5.36. The Morgan fingerprint density at radius 3 is 2.71 bits per heavy atom.